The number of rotatable bonds is 3. The second-order valence-corrected chi connectivity index (χ2v) is 6.42. The Kier molecular flexibility index (Phi) is 4.76. The molecule has 4 rings (SSSR count). The van der Waals surface area contributed by atoms with Crippen LogP contribution in [0.1, 0.15) is 10.4 Å². The van der Waals surface area contributed by atoms with Gasteiger partial charge in [0.1, 0.15) is 12.8 Å². The molecule has 3 aromatic rings. The fourth-order valence-corrected chi connectivity index (χ4v) is 3.16. The number of carbonyl (C=O) groups is 1. The zero-order valence-corrected chi connectivity index (χ0v) is 15.0. The molecule has 0 bridgehead atoms. The van der Waals surface area contributed by atoms with Crippen molar-refractivity contribution in [2.24, 2.45) is 0 Å². The first-order chi connectivity index (χ1) is 13.6. The molecule has 1 aliphatic rings. The highest BCUT2D eigenvalue weighted by Crippen LogP contribution is 2.21. The summed E-state index contributed by atoms with van der Waals surface area (Å²) in [5.41, 5.74) is 2.73. The van der Waals surface area contributed by atoms with Gasteiger partial charge < -0.3 is 19.8 Å². The maximum Gasteiger partial charge on any atom is 0.414 e. The molecule has 0 saturated heterocycles. The van der Waals surface area contributed by atoms with E-state index in [4.69, 9.17) is 4.74 Å². The summed E-state index contributed by atoms with van der Waals surface area (Å²) in [6.45, 7) is 1.41. The fourth-order valence-electron chi connectivity index (χ4n) is 3.16. The number of aromatic nitrogens is 2. The maximum atomic E-state index is 12.9. The molecule has 28 heavy (non-hydrogen) atoms. The molecule has 142 valence electrons. The van der Waals surface area contributed by atoms with Gasteiger partial charge in [0, 0.05) is 23.6 Å². The summed E-state index contributed by atoms with van der Waals surface area (Å²) in [5.74, 6) is -0.354. The highest BCUT2D eigenvalue weighted by atomic mass is 16.6. The Labute approximate surface area is 161 Å². The van der Waals surface area contributed by atoms with Crippen LogP contribution in [0.15, 0.2) is 60.8 Å². The molecule has 1 aromatic heterocycles. The topological polar surface area (TPSA) is 90.5 Å². The minimum atomic E-state index is -0.557. The largest absolute Gasteiger partial charge is 0.444 e. The summed E-state index contributed by atoms with van der Waals surface area (Å²) < 4.78 is 7.07. The predicted molar refractivity (Wildman–Crippen MR) is 102 cm³/mol. The van der Waals surface area contributed by atoms with Gasteiger partial charge in [0.2, 0.25) is 0 Å². The molecule has 0 aliphatic carbocycles. The SMILES string of the molecule is O=C(c1ccc(-c2ccccc2)cc1)N1CCOc2nc([N+](=O)[O-])cn2CC1. The number of fused-ring (bicyclic) bond motifs is 1. The van der Waals surface area contributed by atoms with Crippen molar-refractivity contribution in [1.29, 1.82) is 0 Å². The molecule has 0 saturated carbocycles. The zero-order valence-electron chi connectivity index (χ0n) is 15.0. The summed E-state index contributed by atoms with van der Waals surface area (Å²) in [4.78, 5) is 28.7. The van der Waals surface area contributed by atoms with E-state index in [-0.39, 0.29) is 24.3 Å². The third kappa shape index (κ3) is 3.57. The molecule has 1 amide bonds. The second kappa shape index (κ2) is 7.51. The predicted octanol–water partition coefficient (Wildman–Crippen LogP) is 2.99. The molecule has 0 fully saturated rings. The Morgan fingerprint density at radius 2 is 1.71 bits per heavy atom. The molecule has 8 heteroatoms. The van der Waals surface area contributed by atoms with E-state index in [2.05, 4.69) is 4.98 Å². The smallest absolute Gasteiger partial charge is 0.414 e. The Hall–Kier alpha value is -3.68. The van der Waals surface area contributed by atoms with Gasteiger partial charge in [0.05, 0.1) is 6.54 Å². The summed E-state index contributed by atoms with van der Waals surface area (Å²) in [6.07, 6.45) is 1.33. The normalized spacial score (nSPS) is 13.8. The molecule has 2 aromatic carbocycles. The van der Waals surface area contributed by atoms with Crippen LogP contribution in [0.25, 0.3) is 11.1 Å². The van der Waals surface area contributed by atoms with Crippen LogP contribution in [0.4, 0.5) is 5.82 Å². The van der Waals surface area contributed by atoms with Crippen LogP contribution in [0.3, 0.4) is 0 Å². The number of hydrogen-bond donors (Lipinski definition) is 0. The molecule has 1 aliphatic heterocycles. The lowest BCUT2D eigenvalue weighted by molar-refractivity contribution is -0.389. The van der Waals surface area contributed by atoms with E-state index in [0.29, 0.717) is 25.2 Å². The Morgan fingerprint density at radius 1 is 1.00 bits per heavy atom. The number of nitro groups is 1. The van der Waals surface area contributed by atoms with Crippen molar-refractivity contribution in [3.8, 4) is 17.1 Å². The van der Waals surface area contributed by atoms with Crippen LogP contribution in [0.5, 0.6) is 6.01 Å². The van der Waals surface area contributed by atoms with E-state index in [1.54, 1.807) is 9.47 Å². The lowest BCUT2D eigenvalue weighted by atomic mass is 10.0. The first-order valence-electron chi connectivity index (χ1n) is 8.91. The van der Waals surface area contributed by atoms with E-state index in [1.165, 1.54) is 6.20 Å². The van der Waals surface area contributed by atoms with Gasteiger partial charge in [0.15, 0.2) is 0 Å². The van der Waals surface area contributed by atoms with Gasteiger partial charge >= 0.3 is 11.8 Å². The number of carbonyl (C=O) groups excluding carboxylic acids is 1. The van der Waals surface area contributed by atoms with E-state index < -0.39 is 4.92 Å². The summed E-state index contributed by atoms with van der Waals surface area (Å²) in [5, 5.41) is 10.9. The van der Waals surface area contributed by atoms with Gasteiger partial charge in [-0.1, -0.05) is 42.5 Å². The van der Waals surface area contributed by atoms with E-state index >= 15 is 0 Å². The van der Waals surface area contributed by atoms with Crippen molar-refractivity contribution in [3.63, 3.8) is 0 Å². The minimum Gasteiger partial charge on any atom is -0.444 e. The van der Waals surface area contributed by atoms with Gasteiger partial charge in [-0.15, -0.1) is 0 Å². The standard InChI is InChI=1S/C20H18N4O4/c25-19(17-8-6-16(7-9-17)15-4-2-1-3-5-15)22-10-11-23-14-18(24(26)27)21-20(23)28-13-12-22/h1-9,14H,10-13H2. The molecule has 0 spiro atoms. The molecule has 2 heterocycles. The fraction of sp³-hybridized carbons (Fsp3) is 0.200. The average Bonchev–Trinajstić information content (AvgIpc) is 3.11. The Balaban J connectivity index is 1.48. The quantitative estimate of drug-likeness (QED) is 0.516. The third-order valence-electron chi connectivity index (χ3n) is 4.64. The summed E-state index contributed by atoms with van der Waals surface area (Å²) in [7, 11) is 0. The van der Waals surface area contributed by atoms with Crippen LogP contribution < -0.4 is 4.74 Å². The second-order valence-electron chi connectivity index (χ2n) is 6.42. The number of hydrogen-bond acceptors (Lipinski definition) is 5. The molecule has 8 nitrogen and oxygen atoms in total. The first kappa shape index (κ1) is 17.7. The van der Waals surface area contributed by atoms with Gasteiger partial charge in [-0.2, -0.15) is 0 Å². The van der Waals surface area contributed by atoms with E-state index in [1.807, 2.05) is 54.6 Å². The molecule has 0 radical (unpaired) electrons. The highest BCUT2D eigenvalue weighted by molar-refractivity contribution is 5.94. The lowest BCUT2D eigenvalue weighted by Crippen LogP contribution is -2.38. The van der Waals surface area contributed by atoms with Crippen molar-refractivity contribution in [2.75, 3.05) is 19.7 Å². The van der Waals surface area contributed by atoms with Crippen molar-refractivity contribution >= 4 is 11.7 Å². The molecular weight excluding hydrogens is 360 g/mol. The van der Waals surface area contributed by atoms with Crippen molar-refractivity contribution in [2.45, 2.75) is 6.54 Å². The van der Waals surface area contributed by atoms with Crippen LogP contribution in [0.2, 0.25) is 0 Å². The lowest BCUT2D eigenvalue weighted by Gasteiger charge is -2.24. The van der Waals surface area contributed by atoms with E-state index in [9.17, 15) is 14.9 Å². The number of nitrogens with zero attached hydrogens (tertiary/aromatic N) is 4. The van der Waals surface area contributed by atoms with Gasteiger partial charge in [0.25, 0.3) is 5.91 Å². The monoisotopic (exact) mass is 378 g/mol. The summed E-state index contributed by atoms with van der Waals surface area (Å²) in [6, 6.07) is 17.7. The first-order valence-corrected chi connectivity index (χ1v) is 8.91. The molecule has 0 atom stereocenters. The Bertz CT molecular complexity index is 999. The van der Waals surface area contributed by atoms with Gasteiger partial charge in [-0.25, -0.2) is 0 Å². The summed E-state index contributed by atoms with van der Waals surface area (Å²) >= 11 is 0. The zero-order chi connectivity index (χ0) is 19.5. The number of benzene rings is 2. The minimum absolute atomic E-state index is 0.0960. The van der Waals surface area contributed by atoms with Crippen LogP contribution >= 0.6 is 0 Å². The Morgan fingerprint density at radius 3 is 2.43 bits per heavy atom. The van der Waals surface area contributed by atoms with Crippen LogP contribution in [0, 0.1) is 10.1 Å². The highest BCUT2D eigenvalue weighted by Gasteiger charge is 2.24. The molecule has 0 N–H and O–H groups in total. The van der Waals surface area contributed by atoms with Crippen molar-refractivity contribution < 1.29 is 14.5 Å². The number of imidazole rings is 1. The van der Waals surface area contributed by atoms with Gasteiger partial charge in [-0.05, 0) is 28.2 Å². The van der Waals surface area contributed by atoms with E-state index in [0.717, 1.165) is 11.1 Å². The number of amides is 1. The third-order valence-corrected chi connectivity index (χ3v) is 4.64. The van der Waals surface area contributed by atoms with Gasteiger partial charge in [-0.3, -0.25) is 9.36 Å². The molecular formula is C20H18N4O4. The maximum absolute atomic E-state index is 12.9. The van der Waals surface area contributed by atoms with Crippen molar-refractivity contribution in [3.05, 3.63) is 76.5 Å². The van der Waals surface area contributed by atoms with Crippen LogP contribution in [-0.4, -0.2) is 45.0 Å². The van der Waals surface area contributed by atoms with Crippen molar-refractivity contribution in [1.82, 2.24) is 14.5 Å². The van der Waals surface area contributed by atoms with Crippen LogP contribution in [-0.2, 0) is 6.54 Å². The average molecular weight is 378 g/mol. The molecule has 0 unspecified atom stereocenters. The number of ether oxygens (including phenoxy) is 1.